The van der Waals surface area contributed by atoms with Gasteiger partial charge in [-0.3, -0.25) is 4.79 Å². The number of benzene rings is 2. The first-order valence-electron chi connectivity index (χ1n) is 7.40. The van der Waals surface area contributed by atoms with E-state index in [0.717, 1.165) is 11.3 Å². The van der Waals surface area contributed by atoms with E-state index < -0.39 is 0 Å². The number of hydrogen-bond acceptors (Lipinski definition) is 4. The predicted octanol–water partition coefficient (Wildman–Crippen LogP) is 2.77. The minimum absolute atomic E-state index is 0.0382. The van der Waals surface area contributed by atoms with Gasteiger partial charge in [0.2, 0.25) is 0 Å². The molecule has 0 saturated carbocycles. The summed E-state index contributed by atoms with van der Waals surface area (Å²) in [6, 6.07) is 16.9. The maximum Gasteiger partial charge on any atom is 0.257 e. The van der Waals surface area contributed by atoms with Crippen LogP contribution in [0.2, 0.25) is 0 Å². The van der Waals surface area contributed by atoms with E-state index in [9.17, 15) is 4.79 Å². The van der Waals surface area contributed by atoms with E-state index in [1.165, 1.54) is 0 Å². The molecule has 2 aromatic carbocycles. The van der Waals surface area contributed by atoms with Crippen LogP contribution in [-0.4, -0.2) is 31.1 Å². The molecule has 1 N–H and O–H groups in total. The van der Waals surface area contributed by atoms with E-state index in [1.54, 1.807) is 24.1 Å². The summed E-state index contributed by atoms with van der Waals surface area (Å²) in [5, 5.41) is 12.5. The number of hydrogen-bond donors (Lipinski definition) is 1. The summed E-state index contributed by atoms with van der Waals surface area (Å²) in [7, 11) is 1.61. The Bertz CT molecular complexity index is 767. The Morgan fingerprint density at radius 2 is 2.09 bits per heavy atom. The van der Waals surface area contributed by atoms with Gasteiger partial charge in [-0.05, 0) is 29.8 Å². The first-order chi connectivity index (χ1) is 11.2. The van der Waals surface area contributed by atoms with Gasteiger partial charge in [-0.1, -0.05) is 24.3 Å². The van der Waals surface area contributed by atoms with E-state index >= 15 is 0 Å². The predicted molar refractivity (Wildman–Crippen MR) is 86.9 cm³/mol. The molecule has 1 aliphatic heterocycles. The molecule has 5 heteroatoms. The Labute approximate surface area is 135 Å². The lowest BCUT2D eigenvalue weighted by atomic mass is 10.0. The van der Waals surface area contributed by atoms with E-state index in [1.807, 2.05) is 36.4 Å². The number of anilines is 1. The number of rotatable bonds is 4. The quantitative estimate of drug-likeness (QED) is 0.943. The summed E-state index contributed by atoms with van der Waals surface area (Å²) in [5.74, 6) is -0.0382. The van der Waals surface area contributed by atoms with Crippen molar-refractivity contribution in [3.05, 3.63) is 65.2 Å². The first kappa shape index (κ1) is 15.1. The Hall–Kier alpha value is -2.84. The molecule has 1 aliphatic rings. The van der Waals surface area contributed by atoms with Crippen molar-refractivity contribution in [3.8, 4) is 6.07 Å². The maximum atomic E-state index is 12.8. The molecule has 0 aliphatic carbocycles. The maximum absolute atomic E-state index is 12.8. The van der Waals surface area contributed by atoms with Crippen LogP contribution in [0.1, 0.15) is 27.7 Å². The van der Waals surface area contributed by atoms with Crippen molar-refractivity contribution in [3.63, 3.8) is 0 Å². The molecule has 1 atom stereocenters. The summed E-state index contributed by atoms with van der Waals surface area (Å²) in [6.07, 6.45) is -0.319. The van der Waals surface area contributed by atoms with E-state index in [2.05, 4.69) is 11.4 Å². The second kappa shape index (κ2) is 6.51. The zero-order valence-electron chi connectivity index (χ0n) is 12.8. The number of nitriles is 1. The van der Waals surface area contributed by atoms with Crippen LogP contribution in [0.15, 0.2) is 48.5 Å². The van der Waals surface area contributed by atoms with Crippen molar-refractivity contribution < 1.29 is 9.53 Å². The monoisotopic (exact) mass is 307 g/mol. The van der Waals surface area contributed by atoms with E-state index in [4.69, 9.17) is 10.00 Å². The van der Waals surface area contributed by atoms with Gasteiger partial charge < -0.3 is 15.0 Å². The fourth-order valence-corrected chi connectivity index (χ4v) is 2.75. The molecule has 1 amide bonds. The second-order valence-electron chi connectivity index (χ2n) is 5.32. The highest BCUT2D eigenvalue weighted by Gasteiger charge is 2.32. The molecular formula is C18H17N3O2. The number of nitrogens with zero attached hydrogens (tertiary/aromatic N) is 2. The standard InChI is InChI=1S/C18H17N3O2/c1-23-10-9-21-17(14-6-4-5-13(11-14)12-19)20-16-8-3-2-7-15(16)18(21)22/h2-8,11,17,20H,9-10H2,1H3. The lowest BCUT2D eigenvalue weighted by molar-refractivity contribution is 0.0609. The Balaban J connectivity index is 2.02. The van der Waals surface area contributed by atoms with Crippen molar-refractivity contribution in [1.29, 1.82) is 5.26 Å². The molecule has 0 saturated heterocycles. The summed E-state index contributed by atoms with van der Waals surface area (Å²) in [5.41, 5.74) is 2.90. The number of nitrogens with one attached hydrogen (secondary N) is 1. The van der Waals surface area contributed by atoms with Crippen LogP contribution in [0.5, 0.6) is 0 Å². The highest BCUT2D eigenvalue weighted by atomic mass is 16.5. The molecule has 1 unspecified atom stereocenters. The van der Waals surface area contributed by atoms with Crippen molar-refractivity contribution in [2.45, 2.75) is 6.17 Å². The molecule has 3 rings (SSSR count). The third-order valence-electron chi connectivity index (χ3n) is 3.89. The normalized spacial score (nSPS) is 16.4. The molecule has 116 valence electrons. The van der Waals surface area contributed by atoms with Gasteiger partial charge in [-0.25, -0.2) is 0 Å². The summed E-state index contributed by atoms with van der Waals surface area (Å²) >= 11 is 0. The molecule has 5 nitrogen and oxygen atoms in total. The van der Waals surface area contributed by atoms with Gasteiger partial charge in [-0.2, -0.15) is 5.26 Å². The molecule has 2 aromatic rings. The highest BCUT2D eigenvalue weighted by molar-refractivity contribution is 6.01. The fourth-order valence-electron chi connectivity index (χ4n) is 2.75. The number of para-hydroxylation sites is 1. The minimum atomic E-state index is -0.319. The van der Waals surface area contributed by atoms with Crippen LogP contribution in [0.25, 0.3) is 0 Å². The van der Waals surface area contributed by atoms with E-state index in [-0.39, 0.29) is 12.1 Å². The van der Waals surface area contributed by atoms with Crippen LogP contribution in [0.4, 0.5) is 5.69 Å². The molecule has 23 heavy (non-hydrogen) atoms. The SMILES string of the molecule is COCCN1C(=O)c2ccccc2NC1c1cccc(C#N)c1. The second-order valence-corrected chi connectivity index (χ2v) is 5.32. The van der Waals surface area contributed by atoms with Gasteiger partial charge in [0, 0.05) is 19.3 Å². The van der Waals surface area contributed by atoms with Gasteiger partial charge in [0.05, 0.1) is 23.8 Å². The molecule has 0 fully saturated rings. The average Bonchev–Trinajstić information content (AvgIpc) is 2.61. The third kappa shape index (κ3) is 2.89. The number of methoxy groups -OCH3 is 1. The summed E-state index contributed by atoms with van der Waals surface area (Å²) in [4.78, 5) is 14.6. The van der Waals surface area contributed by atoms with E-state index in [0.29, 0.717) is 24.3 Å². The van der Waals surface area contributed by atoms with Crippen LogP contribution >= 0.6 is 0 Å². The van der Waals surface area contributed by atoms with Gasteiger partial charge in [0.1, 0.15) is 6.17 Å². The number of carbonyl (C=O) groups excluding carboxylic acids is 1. The molecule has 0 spiro atoms. The van der Waals surface area contributed by atoms with Crippen molar-refractivity contribution in [2.75, 3.05) is 25.6 Å². The van der Waals surface area contributed by atoms with Crippen molar-refractivity contribution >= 4 is 11.6 Å². The number of carbonyl (C=O) groups is 1. The minimum Gasteiger partial charge on any atom is -0.383 e. The zero-order chi connectivity index (χ0) is 16.2. The van der Waals surface area contributed by atoms with Crippen molar-refractivity contribution in [2.24, 2.45) is 0 Å². The lowest BCUT2D eigenvalue weighted by Crippen LogP contribution is -2.44. The average molecular weight is 307 g/mol. The largest absolute Gasteiger partial charge is 0.383 e. The van der Waals surface area contributed by atoms with Gasteiger partial charge in [-0.15, -0.1) is 0 Å². The number of fused-ring (bicyclic) bond motifs is 1. The smallest absolute Gasteiger partial charge is 0.257 e. The fraction of sp³-hybridized carbons (Fsp3) is 0.222. The topological polar surface area (TPSA) is 65.4 Å². The van der Waals surface area contributed by atoms with Crippen LogP contribution in [0.3, 0.4) is 0 Å². The summed E-state index contributed by atoms with van der Waals surface area (Å²) < 4.78 is 5.14. The summed E-state index contributed by atoms with van der Waals surface area (Å²) in [6.45, 7) is 0.919. The molecular weight excluding hydrogens is 290 g/mol. The van der Waals surface area contributed by atoms with Crippen LogP contribution in [0, 0.1) is 11.3 Å². The van der Waals surface area contributed by atoms with Gasteiger partial charge in [0.15, 0.2) is 0 Å². The number of amides is 1. The Morgan fingerprint density at radius 3 is 2.87 bits per heavy atom. The van der Waals surface area contributed by atoms with Crippen molar-refractivity contribution in [1.82, 2.24) is 4.90 Å². The van der Waals surface area contributed by atoms with Crippen LogP contribution in [-0.2, 0) is 4.74 Å². The first-order valence-corrected chi connectivity index (χ1v) is 7.40. The highest BCUT2D eigenvalue weighted by Crippen LogP contribution is 2.32. The van der Waals surface area contributed by atoms with Gasteiger partial charge in [0.25, 0.3) is 5.91 Å². The third-order valence-corrected chi connectivity index (χ3v) is 3.89. The molecule has 0 radical (unpaired) electrons. The Morgan fingerprint density at radius 1 is 1.26 bits per heavy atom. The zero-order valence-corrected chi connectivity index (χ0v) is 12.8. The van der Waals surface area contributed by atoms with Gasteiger partial charge >= 0.3 is 0 Å². The van der Waals surface area contributed by atoms with Crippen LogP contribution < -0.4 is 5.32 Å². The molecule has 0 bridgehead atoms. The molecule has 1 heterocycles. The molecule has 0 aromatic heterocycles. The Kier molecular flexibility index (Phi) is 4.26. The number of ether oxygens (including phenoxy) is 1. The lowest BCUT2D eigenvalue weighted by Gasteiger charge is -2.38.